The van der Waals surface area contributed by atoms with Gasteiger partial charge in [-0.25, -0.2) is 4.98 Å². The zero-order valence-electron chi connectivity index (χ0n) is 14.3. The lowest BCUT2D eigenvalue weighted by molar-refractivity contribution is 0.0988. The normalized spacial score (nSPS) is 14.2. The van der Waals surface area contributed by atoms with Crippen LogP contribution in [0.25, 0.3) is 11.0 Å². The highest BCUT2D eigenvalue weighted by Gasteiger charge is 2.29. The van der Waals surface area contributed by atoms with Crippen molar-refractivity contribution in [3.05, 3.63) is 59.7 Å². The molecular weight excluding hydrogens is 298 g/mol. The van der Waals surface area contributed by atoms with Crippen LogP contribution in [-0.2, 0) is 12.0 Å². The first kappa shape index (κ1) is 14.9. The van der Waals surface area contributed by atoms with Gasteiger partial charge in [0.2, 0.25) is 5.95 Å². The van der Waals surface area contributed by atoms with Crippen LogP contribution in [-0.4, -0.2) is 22.0 Å². The molecule has 0 saturated carbocycles. The highest BCUT2D eigenvalue weighted by atomic mass is 16.2. The van der Waals surface area contributed by atoms with E-state index in [1.165, 1.54) is 5.56 Å². The molecule has 24 heavy (non-hydrogen) atoms. The van der Waals surface area contributed by atoms with Crippen LogP contribution in [0.5, 0.6) is 0 Å². The molecule has 0 aliphatic carbocycles. The molecule has 0 saturated heterocycles. The Morgan fingerprint density at radius 3 is 2.42 bits per heavy atom. The number of benzene rings is 2. The number of para-hydroxylation sites is 2. The van der Waals surface area contributed by atoms with Crippen molar-refractivity contribution < 1.29 is 4.79 Å². The minimum Gasteiger partial charge on any atom is -0.308 e. The fourth-order valence-corrected chi connectivity index (χ4v) is 3.25. The number of imidazole rings is 1. The summed E-state index contributed by atoms with van der Waals surface area (Å²) in [5.41, 5.74) is 4.05. The first-order valence-corrected chi connectivity index (χ1v) is 8.33. The summed E-state index contributed by atoms with van der Waals surface area (Å²) < 4.78 is 2.12. The van der Waals surface area contributed by atoms with E-state index in [9.17, 15) is 4.79 Å². The Balaban J connectivity index is 1.67. The van der Waals surface area contributed by atoms with E-state index in [4.69, 9.17) is 0 Å². The highest BCUT2D eigenvalue weighted by Crippen LogP contribution is 2.29. The first-order chi connectivity index (χ1) is 11.4. The van der Waals surface area contributed by atoms with Gasteiger partial charge in [-0.05, 0) is 35.2 Å². The fraction of sp³-hybridized carbons (Fsp3) is 0.300. The maximum absolute atomic E-state index is 12.9. The molecule has 0 atom stereocenters. The molecule has 4 heteroatoms. The second-order valence-electron chi connectivity index (χ2n) is 7.34. The standard InChI is InChI=1S/C20H21N3O/c1-20(2,3)15-10-8-14(9-11-15)18(24)23-13-12-22-17-7-5-4-6-16(17)21-19(22)23/h4-11H,12-13H2,1-3H3. The van der Waals surface area contributed by atoms with E-state index in [0.29, 0.717) is 12.1 Å². The van der Waals surface area contributed by atoms with E-state index in [1.54, 1.807) is 4.90 Å². The van der Waals surface area contributed by atoms with Crippen molar-refractivity contribution in [3.63, 3.8) is 0 Å². The minimum atomic E-state index is 0.0181. The second kappa shape index (κ2) is 5.20. The Labute approximate surface area is 141 Å². The van der Waals surface area contributed by atoms with Crippen molar-refractivity contribution in [1.82, 2.24) is 9.55 Å². The smallest absolute Gasteiger partial charge is 0.260 e. The molecule has 0 spiro atoms. The molecule has 1 aromatic heterocycles. The summed E-state index contributed by atoms with van der Waals surface area (Å²) >= 11 is 0. The zero-order chi connectivity index (χ0) is 16.9. The van der Waals surface area contributed by atoms with Crippen LogP contribution >= 0.6 is 0 Å². The fourth-order valence-electron chi connectivity index (χ4n) is 3.25. The number of nitrogens with zero attached hydrogens (tertiary/aromatic N) is 3. The van der Waals surface area contributed by atoms with Crippen molar-refractivity contribution in [2.75, 3.05) is 11.4 Å². The number of fused-ring (bicyclic) bond motifs is 3. The molecule has 0 radical (unpaired) electrons. The van der Waals surface area contributed by atoms with E-state index in [2.05, 4.69) is 36.4 Å². The van der Waals surface area contributed by atoms with Gasteiger partial charge >= 0.3 is 0 Å². The third-order valence-electron chi connectivity index (χ3n) is 4.67. The van der Waals surface area contributed by atoms with Gasteiger partial charge in [0.25, 0.3) is 5.91 Å². The van der Waals surface area contributed by atoms with Crippen LogP contribution in [0.1, 0.15) is 36.7 Å². The molecule has 1 aliphatic rings. The van der Waals surface area contributed by atoms with Gasteiger partial charge in [-0.15, -0.1) is 0 Å². The molecule has 1 aliphatic heterocycles. The summed E-state index contributed by atoms with van der Waals surface area (Å²) in [5.74, 6) is 0.769. The minimum absolute atomic E-state index is 0.0181. The molecule has 0 N–H and O–H groups in total. The Morgan fingerprint density at radius 1 is 1.00 bits per heavy atom. The molecule has 122 valence electrons. The maximum atomic E-state index is 12.9. The lowest BCUT2D eigenvalue weighted by Gasteiger charge is -2.20. The molecule has 0 bridgehead atoms. The van der Waals surface area contributed by atoms with Gasteiger partial charge in [0.15, 0.2) is 0 Å². The van der Waals surface area contributed by atoms with E-state index in [0.717, 1.165) is 23.5 Å². The SMILES string of the molecule is CC(C)(C)c1ccc(C(=O)N2CCn3c2nc2ccccc23)cc1. The third-order valence-corrected chi connectivity index (χ3v) is 4.67. The molecule has 4 nitrogen and oxygen atoms in total. The van der Waals surface area contributed by atoms with Crippen molar-refractivity contribution in [2.45, 2.75) is 32.7 Å². The van der Waals surface area contributed by atoms with Gasteiger partial charge in [0, 0.05) is 18.7 Å². The number of carbonyl (C=O) groups excluding carboxylic acids is 1. The molecule has 4 rings (SSSR count). The molecular formula is C20H21N3O. The van der Waals surface area contributed by atoms with Gasteiger partial charge in [0.05, 0.1) is 11.0 Å². The summed E-state index contributed by atoms with van der Waals surface area (Å²) in [7, 11) is 0. The van der Waals surface area contributed by atoms with Gasteiger partial charge in [-0.2, -0.15) is 0 Å². The average Bonchev–Trinajstić information content (AvgIpc) is 3.12. The molecule has 0 fully saturated rings. The van der Waals surface area contributed by atoms with Gasteiger partial charge in [-0.3, -0.25) is 9.69 Å². The lowest BCUT2D eigenvalue weighted by Crippen LogP contribution is -2.29. The topological polar surface area (TPSA) is 38.1 Å². The average molecular weight is 319 g/mol. The van der Waals surface area contributed by atoms with E-state index in [-0.39, 0.29) is 11.3 Å². The van der Waals surface area contributed by atoms with Gasteiger partial charge in [-0.1, -0.05) is 45.0 Å². The van der Waals surface area contributed by atoms with Crippen LogP contribution in [0.15, 0.2) is 48.5 Å². The van der Waals surface area contributed by atoms with Gasteiger partial charge < -0.3 is 4.57 Å². The van der Waals surface area contributed by atoms with Crippen LogP contribution in [0.3, 0.4) is 0 Å². The monoisotopic (exact) mass is 319 g/mol. The van der Waals surface area contributed by atoms with Crippen LogP contribution in [0.4, 0.5) is 5.95 Å². The summed E-state index contributed by atoms with van der Waals surface area (Å²) in [6.45, 7) is 7.99. The highest BCUT2D eigenvalue weighted by molar-refractivity contribution is 6.06. The quantitative estimate of drug-likeness (QED) is 0.680. The Bertz CT molecular complexity index is 916. The maximum Gasteiger partial charge on any atom is 0.260 e. The Hall–Kier alpha value is -2.62. The number of amides is 1. The third kappa shape index (κ3) is 2.30. The predicted octanol–water partition coefficient (Wildman–Crippen LogP) is 3.99. The molecule has 2 heterocycles. The summed E-state index contributed by atoms with van der Waals surface area (Å²) in [6.07, 6.45) is 0. The Kier molecular flexibility index (Phi) is 3.23. The number of hydrogen-bond acceptors (Lipinski definition) is 2. The van der Waals surface area contributed by atoms with Crippen molar-refractivity contribution >= 4 is 22.9 Å². The number of rotatable bonds is 1. The predicted molar refractivity (Wildman–Crippen MR) is 96.6 cm³/mol. The van der Waals surface area contributed by atoms with E-state index in [1.807, 2.05) is 42.5 Å². The number of aromatic nitrogens is 2. The second-order valence-corrected chi connectivity index (χ2v) is 7.34. The Morgan fingerprint density at radius 2 is 1.71 bits per heavy atom. The van der Waals surface area contributed by atoms with Crippen LogP contribution in [0.2, 0.25) is 0 Å². The summed E-state index contributed by atoms with van der Waals surface area (Å²) in [6, 6.07) is 16.0. The molecule has 1 amide bonds. The van der Waals surface area contributed by atoms with Crippen molar-refractivity contribution in [3.8, 4) is 0 Å². The molecule has 3 aromatic rings. The van der Waals surface area contributed by atoms with Crippen molar-refractivity contribution in [2.24, 2.45) is 0 Å². The molecule has 0 unspecified atom stereocenters. The number of hydrogen-bond donors (Lipinski definition) is 0. The van der Waals surface area contributed by atoms with E-state index < -0.39 is 0 Å². The van der Waals surface area contributed by atoms with E-state index >= 15 is 0 Å². The summed E-state index contributed by atoms with van der Waals surface area (Å²) in [5, 5.41) is 0. The number of anilines is 1. The van der Waals surface area contributed by atoms with Gasteiger partial charge in [0.1, 0.15) is 0 Å². The lowest BCUT2D eigenvalue weighted by atomic mass is 9.86. The first-order valence-electron chi connectivity index (χ1n) is 8.33. The molecule has 2 aromatic carbocycles. The van der Waals surface area contributed by atoms with Crippen molar-refractivity contribution in [1.29, 1.82) is 0 Å². The number of carbonyl (C=O) groups is 1. The zero-order valence-corrected chi connectivity index (χ0v) is 14.3. The largest absolute Gasteiger partial charge is 0.308 e. The van der Waals surface area contributed by atoms with Crippen LogP contribution in [0, 0.1) is 0 Å². The summed E-state index contributed by atoms with van der Waals surface area (Å²) in [4.78, 5) is 19.4. The van der Waals surface area contributed by atoms with Crippen LogP contribution < -0.4 is 4.90 Å².